The number of ether oxygens (including phenoxy) is 2. The van der Waals surface area contributed by atoms with Gasteiger partial charge in [0, 0.05) is 19.0 Å². The third kappa shape index (κ3) is 6.99. The summed E-state index contributed by atoms with van der Waals surface area (Å²) < 4.78 is 10.1. The highest BCUT2D eigenvalue weighted by atomic mass is 16.6. The van der Waals surface area contributed by atoms with Gasteiger partial charge in [-0.25, -0.2) is 9.59 Å². The molecule has 1 fully saturated rings. The summed E-state index contributed by atoms with van der Waals surface area (Å²) in [5.41, 5.74) is -0.819. The number of aliphatic carboxylic acids is 1. The number of carbonyl (C=O) groups excluding carboxylic acids is 3. The predicted molar refractivity (Wildman–Crippen MR) is 99.5 cm³/mol. The standard InChI is InChI=1S/C18H31N3O7/c1-7-27-16(25)12-10(11(12)14(22)19-8-9-21(5)6)13(15(23)24)20-17(26)28-18(2,3)4/h10-13H,7-9H2,1-6H3,(H,19,22)(H,20,26)(H,23,24). The van der Waals surface area contributed by atoms with Crippen molar-refractivity contribution in [3.8, 4) is 0 Å². The molecular formula is C18H31N3O7. The fourth-order valence-electron chi connectivity index (χ4n) is 2.91. The summed E-state index contributed by atoms with van der Waals surface area (Å²) in [7, 11) is 3.69. The van der Waals surface area contributed by atoms with Crippen LogP contribution in [0, 0.1) is 17.8 Å². The van der Waals surface area contributed by atoms with Gasteiger partial charge in [0.15, 0.2) is 0 Å². The van der Waals surface area contributed by atoms with Crippen molar-refractivity contribution in [3.63, 3.8) is 0 Å². The van der Waals surface area contributed by atoms with E-state index in [1.807, 2.05) is 19.0 Å². The number of hydrogen-bond donors (Lipinski definition) is 3. The van der Waals surface area contributed by atoms with Crippen molar-refractivity contribution in [2.45, 2.75) is 39.3 Å². The van der Waals surface area contributed by atoms with E-state index in [1.54, 1.807) is 27.7 Å². The normalized spacial score (nSPS) is 22.2. The van der Waals surface area contributed by atoms with E-state index >= 15 is 0 Å². The van der Waals surface area contributed by atoms with E-state index in [9.17, 15) is 24.3 Å². The maximum atomic E-state index is 12.5. The van der Waals surface area contributed by atoms with E-state index in [-0.39, 0.29) is 6.61 Å². The zero-order chi connectivity index (χ0) is 21.6. The summed E-state index contributed by atoms with van der Waals surface area (Å²) in [6.07, 6.45) is -0.929. The minimum atomic E-state index is -1.45. The van der Waals surface area contributed by atoms with Crippen molar-refractivity contribution in [1.82, 2.24) is 15.5 Å². The van der Waals surface area contributed by atoms with Crippen LogP contribution in [0.15, 0.2) is 0 Å². The topological polar surface area (TPSA) is 134 Å². The lowest BCUT2D eigenvalue weighted by Crippen LogP contribution is -2.46. The summed E-state index contributed by atoms with van der Waals surface area (Å²) in [6.45, 7) is 7.59. The van der Waals surface area contributed by atoms with Crippen LogP contribution in [0.2, 0.25) is 0 Å². The van der Waals surface area contributed by atoms with Crippen LogP contribution < -0.4 is 10.6 Å². The number of rotatable bonds is 9. The number of alkyl carbamates (subject to hydrolysis) is 1. The van der Waals surface area contributed by atoms with Crippen LogP contribution in [0.25, 0.3) is 0 Å². The monoisotopic (exact) mass is 401 g/mol. The number of nitrogens with one attached hydrogen (secondary N) is 2. The molecule has 4 atom stereocenters. The van der Waals surface area contributed by atoms with Gasteiger partial charge in [-0.05, 0) is 41.8 Å². The van der Waals surface area contributed by atoms with Crippen LogP contribution >= 0.6 is 0 Å². The Labute approximate surface area is 164 Å². The summed E-state index contributed by atoms with van der Waals surface area (Å²) in [4.78, 5) is 50.3. The highest BCUT2D eigenvalue weighted by Gasteiger charge is 2.64. The second-order valence-electron chi connectivity index (χ2n) is 7.94. The van der Waals surface area contributed by atoms with Gasteiger partial charge in [-0.15, -0.1) is 0 Å². The first-order chi connectivity index (χ1) is 12.9. The van der Waals surface area contributed by atoms with Crippen LogP contribution in [-0.4, -0.2) is 79.4 Å². The Kier molecular flexibility index (Phi) is 8.22. The Morgan fingerprint density at radius 2 is 1.75 bits per heavy atom. The molecule has 0 aliphatic heterocycles. The Morgan fingerprint density at radius 1 is 1.14 bits per heavy atom. The van der Waals surface area contributed by atoms with Crippen molar-refractivity contribution >= 4 is 23.9 Å². The molecule has 0 aromatic carbocycles. The first-order valence-electron chi connectivity index (χ1n) is 9.20. The SMILES string of the molecule is CCOC(=O)C1C(C(=O)NCCN(C)C)C1C(NC(=O)OC(C)(C)C)C(=O)O. The Balaban J connectivity index is 2.91. The smallest absolute Gasteiger partial charge is 0.408 e. The highest BCUT2D eigenvalue weighted by molar-refractivity contribution is 5.94. The van der Waals surface area contributed by atoms with Gasteiger partial charge in [0.25, 0.3) is 0 Å². The molecule has 10 nitrogen and oxygen atoms in total. The van der Waals surface area contributed by atoms with Gasteiger partial charge in [-0.3, -0.25) is 9.59 Å². The van der Waals surface area contributed by atoms with Gasteiger partial charge < -0.3 is 30.1 Å². The zero-order valence-electron chi connectivity index (χ0n) is 17.3. The lowest BCUT2D eigenvalue weighted by molar-refractivity contribution is -0.146. The van der Waals surface area contributed by atoms with Crippen LogP contribution in [-0.2, 0) is 23.9 Å². The molecule has 10 heteroatoms. The van der Waals surface area contributed by atoms with Crippen molar-refractivity contribution in [2.24, 2.45) is 17.8 Å². The minimum absolute atomic E-state index is 0.105. The van der Waals surface area contributed by atoms with E-state index in [1.165, 1.54) is 0 Å². The number of carboxylic acids is 1. The summed E-state index contributed by atoms with van der Waals surface area (Å²) in [5.74, 6) is -5.19. The third-order valence-corrected chi connectivity index (χ3v) is 4.12. The van der Waals surface area contributed by atoms with E-state index in [0.717, 1.165) is 0 Å². The van der Waals surface area contributed by atoms with Crippen LogP contribution in [0.4, 0.5) is 4.79 Å². The second kappa shape index (κ2) is 9.72. The van der Waals surface area contributed by atoms with E-state index in [0.29, 0.717) is 13.1 Å². The van der Waals surface area contributed by atoms with Gasteiger partial charge in [-0.2, -0.15) is 0 Å². The highest BCUT2D eigenvalue weighted by Crippen LogP contribution is 2.49. The van der Waals surface area contributed by atoms with Crippen molar-refractivity contribution in [3.05, 3.63) is 0 Å². The molecule has 3 N–H and O–H groups in total. The quantitative estimate of drug-likeness (QED) is 0.462. The number of nitrogens with zero attached hydrogens (tertiary/aromatic N) is 1. The van der Waals surface area contributed by atoms with Gasteiger partial charge in [0.1, 0.15) is 11.6 Å². The molecule has 28 heavy (non-hydrogen) atoms. The molecule has 1 rings (SSSR count). The Bertz CT molecular complexity index is 600. The molecule has 1 aliphatic rings. The van der Waals surface area contributed by atoms with Crippen LogP contribution in [0.3, 0.4) is 0 Å². The van der Waals surface area contributed by atoms with Crippen molar-refractivity contribution in [1.29, 1.82) is 0 Å². The first-order valence-corrected chi connectivity index (χ1v) is 9.20. The molecule has 160 valence electrons. The molecule has 4 unspecified atom stereocenters. The van der Waals surface area contributed by atoms with Crippen LogP contribution in [0.1, 0.15) is 27.7 Å². The summed E-state index contributed by atoms with van der Waals surface area (Å²) in [5, 5.41) is 14.5. The van der Waals surface area contributed by atoms with Gasteiger partial charge in [0.05, 0.1) is 18.4 Å². The molecule has 0 saturated heterocycles. The molecule has 0 radical (unpaired) electrons. The van der Waals surface area contributed by atoms with Crippen LogP contribution in [0.5, 0.6) is 0 Å². The lowest BCUT2D eigenvalue weighted by atomic mass is 10.1. The van der Waals surface area contributed by atoms with E-state index < -0.39 is 53.3 Å². The summed E-state index contributed by atoms with van der Waals surface area (Å²) >= 11 is 0. The molecule has 1 saturated carbocycles. The average molecular weight is 401 g/mol. The molecule has 1 aliphatic carbocycles. The third-order valence-electron chi connectivity index (χ3n) is 4.12. The second-order valence-corrected chi connectivity index (χ2v) is 7.94. The molecule has 0 aromatic rings. The predicted octanol–water partition coefficient (Wildman–Crippen LogP) is 0.0674. The fourth-order valence-corrected chi connectivity index (χ4v) is 2.91. The Morgan fingerprint density at radius 3 is 2.21 bits per heavy atom. The number of carbonyl (C=O) groups is 4. The van der Waals surface area contributed by atoms with Gasteiger partial charge in [0.2, 0.25) is 5.91 Å². The fraction of sp³-hybridized carbons (Fsp3) is 0.778. The number of amides is 2. The number of esters is 1. The first kappa shape index (κ1) is 23.7. The van der Waals surface area contributed by atoms with E-state index in [4.69, 9.17) is 9.47 Å². The van der Waals surface area contributed by atoms with Crippen molar-refractivity contribution < 1.29 is 33.8 Å². The van der Waals surface area contributed by atoms with E-state index in [2.05, 4.69) is 10.6 Å². The van der Waals surface area contributed by atoms with Gasteiger partial charge >= 0.3 is 18.0 Å². The Hall–Kier alpha value is -2.36. The molecular weight excluding hydrogens is 370 g/mol. The molecule has 0 heterocycles. The average Bonchev–Trinajstić information content (AvgIpc) is 3.25. The maximum absolute atomic E-state index is 12.5. The molecule has 0 bridgehead atoms. The summed E-state index contributed by atoms with van der Waals surface area (Å²) in [6, 6.07) is -1.45. The number of likely N-dealkylation sites (N-methyl/N-ethyl adjacent to an activating group) is 1. The maximum Gasteiger partial charge on any atom is 0.408 e. The molecule has 0 aromatic heterocycles. The molecule has 2 amide bonds. The van der Waals surface area contributed by atoms with Gasteiger partial charge in [-0.1, -0.05) is 0 Å². The zero-order valence-corrected chi connectivity index (χ0v) is 17.3. The number of hydrogen-bond acceptors (Lipinski definition) is 7. The molecule has 0 spiro atoms. The van der Waals surface area contributed by atoms with Crippen molar-refractivity contribution in [2.75, 3.05) is 33.8 Å². The largest absolute Gasteiger partial charge is 0.480 e. The number of carboxylic acid groups (broad SMARTS) is 1. The minimum Gasteiger partial charge on any atom is -0.480 e. The lowest BCUT2D eigenvalue weighted by Gasteiger charge is -2.22.